The van der Waals surface area contributed by atoms with Gasteiger partial charge in [-0.2, -0.15) is 0 Å². The number of aromatic nitrogens is 1. The van der Waals surface area contributed by atoms with Gasteiger partial charge in [-0.15, -0.1) is 0 Å². The highest BCUT2D eigenvalue weighted by atomic mass is 79.9. The summed E-state index contributed by atoms with van der Waals surface area (Å²) in [7, 11) is -3.78. The minimum Gasteiger partial charge on any atom is -0.454 e. The molecule has 0 saturated heterocycles. The molecule has 5 nitrogen and oxygen atoms in total. The van der Waals surface area contributed by atoms with Crippen molar-refractivity contribution in [1.29, 1.82) is 0 Å². The van der Waals surface area contributed by atoms with Crippen LogP contribution in [0.2, 0.25) is 5.02 Å². The van der Waals surface area contributed by atoms with Gasteiger partial charge in [0, 0.05) is 10.7 Å². The van der Waals surface area contributed by atoms with Gasteiger partial charge in [0.25, 0.3) is 0 Å². The second kappa shape index (κ2) is 5.46. The molecule has 1 heterocycles. The standard InChI is InChI=1S/C11H8BrClN2O3S/c12-7-3-8(6-15-5-7)18-11-2-1-9(4-10(11)13)19(14,16)17/h1-6H,(H2,14,16,17). The van der Waals surface area contributed by atoms with Crippen LogP contribution in [0.4, 0.5) is 0 Å². The second-order valence-electron chi connectivity index (χ2n) is 3.58. The molecular formula is C11H8BrClN2O3S. The number of primary sulfonamides is 1. The maximum absolute atomic E-state index is 11.2. The van der Waals surface area contributed by atoms with Crippen LogP contribution in [-0.4, -0.2) is 13.4 Å². The molecule has 0 spiro atoms. The second-order valence-corrected chi connectivity index (χ2v) is 6.46. The van der Waals surface area contributed by atoms with Crippen molar-refractivity contribution in [2.24, 2.45) is 5.14 Å². The number of pyridine rings is 1. The molecule has 2 aromatic rings. The van der Waals surface area contributed by atoms with E-state index in [1.807, 2.05) is 0 Å². The topological polar surface area (TPSA) is 82.3 Å². The molecule has 0 aliphatic carbocycles. The summed E-state index contributed by atoms with van der Waals surface area (Å²) in [6, 6.07) is 5.69. The van der Waals surface area contributed by atoms with Gasteiger partial charge in [-0.3, -0.25) is 4.98 Å². The summed E-state index contributed by atoms with van der Waals surface area (Å²) >= 11 is 9.21. The maximum atomic E-state index is 11.2. The first-order valence-corrected chi connectivity index (χ1v) is 7.69. The van der Waals surface area contributed by atoms with Crippen LogP contribution in [0.5, 0.6) is 11.5 Å². The molecule has 2 rings (SSSR count). The number of ether oxygens (including phenoxy) is 1. The van der Waals surface area contributed by atoms with E-state index >= 15 is 0 Å². The molecule has 8 heteroatoms. The van der Waals surface area contributed by atoms with E-state index in [0.29, 0.717) is 11.5 Å². The number of hydrogen-bond donors (Lipinski definition) is 1. The molecule has 0 unspecified atom stereocenters. The van der Waals surface area contributed by atoms with Crippen molar-refractivity contribution in [1.82, 2.24) is 4.98 Å². The van der Waals surface area contributed by atoms with E-state index in [0.717, 1.165) is 4.47 Å². The highest BCUT2D eigenvalue weighted by molar-refractivity contribution is 9.10. The van der Waals surface area contributed by atoms with Gasteiger partial charge in [0.1, 0.15) is 11.5 Å². The quantitative estimate of drug-likeness (QED) is 0.909. The average Bonchev–Trinajstić information content (AvgIpc) is 2.30. The number of rotatable bonds is 3. The van der Waals surface area contributed by atoms with E-state index in [9.17, 15) is 8.42 Å². The summed E-state index contributed by atoms with van der Waals surface area (Å²) in [6.07, 6.45) is 3.12. The summed E-state index contributed by atoms with van der Waals surface area (Å²) < 4.78 is 28.6. The minimum absolute atomic E-state index is 0.0720. The van der Waals surface area contributed by atoms with Gasteiger partial charge in [-0.25, -0.2) is 13.6 Å². The molecule has 2 N–H and O–H groups in total. The molecule has 0 bridgehead atoms. The van der Waals surface area contributed by atoms with Crippen molar-refractivity contribution in [3.8, 4) is 11.5 Å². The van der Waals surface area contributed by atoms with Crippen LogP contribution in [0.25, 0.3) is 0 Å². The fraction of sp³-hybridized carbons (Fsp3) is 0. The monoisotopic (exact) mass is 362 g/mol. The number of sulfonamides is 1. The molecule has 0 aliphatic rings. The first kappa shape index (κ1) is 14.3. The summed E-state index contributed by atoms with van der Waals surface area (Å²) in [5, 5.41) is 5.15. The van der Waals surface area contributed by atoms with Crippen LogP contribution in [0.15, 0.2) is 46.0 Å². The molecule has 0 amide bonds. The van der Waals surface area contributed by atoms with Gasteiger partial charge in [0.15, 0.2) is 0 Å². The molecule has 1 aromatic carbocycles. The molecule has 0 fully saturated rings. The first-order valence-electron chi connectivity index (χ1n) is 4.97. The lowest BCUT2D eigenvalue weighted by Crippen LogP contribution is -2.11. The largest absolute Gasteiger partial charge is 0.454 e. The number of benzene rings is 1. The Balaban J connectivity index is 2.32. The Morgan fingerprint density at radius 2 is 2.00 bits per heavy atom. The first-order chi connectivity index (χ1) is 8.86. The molecular weight excluding hydrogens is 356 g/mol. The molecule has 19 heavy (non-hydrogen) atoms. The van der Waals surface area contributed by atoms with Gasteiger partial charge in [-0.1, -0.05) is 11.6 Å². The van der Waals surface area contributed by atoms with Crippen molar-refractivity contribution in [2.75, 3.05) is 0 Å². The normalized spacial score (nSPS) is 11.3. The van der Waals surface area contributed by atoms with Crippen LogP contribution in [0.1, 0.15) is 0 Å². The summed E-state index contributed by atoms with van der Waals surface area (Å²) in [5.74, 6) is 0.786. The molecule has 0 radical (unpaired) electrons. The third-order valence-electron chi connectivity index (χ3n) is 2.14. The number of nitrogens with two attached hydrogens (primary N) is 1. The van der Waals surface area contributed by atoms with Crippen molar-refractivity contribution < 1.29 is 13.2 Å². The zero-order valence-corrected chi connectivity index (χ0v) is 12.5. The predicted molar refractivity (Wildman–Crippen MR) is 74.8 cm³/mol. The Kier molecular flexibility index (Phi) is 4.10. The predicted octanol–water partition coefficient (Wildman–Crippen LogP) is 2.94. The van der Waals surface area contributed by atoms with Gasteiger partial charge in [0.2, 0.25) is 10.0 Å². The van der Waals surface area contributed by atoms with E-state index in [1.54, 1.807) is 12.3 Å². The van der Waals surface area contributed by atoms with Gasteiger partial charge in [0.05, 0.1) is 16.1 Å². The minimum atomic E-state index is -3.78. The maximum Gasteiger partial charge on any atom is 0.238 e. The summed E-state index contributed by atoms with van der Waals surface area (Å²) in [5.41, 5.74) is 0. The van der Waals surface area contributed by atoms with Crippen molar-refractivity contribution >= 4 is 37.6 Å². The SMILES string of the molecule is NS(=O)(=O)c1ccc(Oc2cncc(Br)c2)c(Cl)c1. The Bertz CT molecular complexity index is 722. The zero-order valence-electron chi connectivity index (χ0n) is 9.38. The molecule has 100 valence electrons. The Morgan fingerprint density at radius 3 is 2.58 bits per heavy atom. The van der Waals surface area contributed by atoms with Crippen molar-refractivity contribution in [3.63, 3.8) is 0 Å². The van der Waals surface area contributed by atoms with Gasteiger partial charge < -0.3 is 4.74 Å². The lowest BCUT2D eigenvalue weighted by Gasteiger charge is -2.08. The smallest absolute Gasteiger partial charge is 0.238 e. The fourth-order valence-electron chi connectivity index (χ4n) is 1.32. The molecule has 0 atom stereocenters. The van der Waals surface area contributed by atoms with Crippen LogP contribution in [0.3, 0.4) is 0 Å². The van der Waals surface area contributed by atoms with Crippen molar-refractivity contribution in [2.45, 2.75) is 4.90 Å². The lowest BCUT2D eigenvalue weighted by molar-refractivity contribution is 0.479. The lowest BCUT2D eigenvalue weighted by atomic mass is 10.3. The Hall–Kier alpha value is -1.15. The Morgan fingerprint density at radius 1 is 1.26 bits per heavy atom. The van der Waals surface area contributed by atoms with E-state index in [4.69, 9.17) is 21.5 Å². The van der Waals surface area contributed by atoms with Gasteiger partial charge in [-0.05, 0) is 40.2 Å². The number of nitrogens with zero attached hydrogens (tertiary/aromatic N) is 1. The molecule has 0 aliphatic heterocycles. The van der Waals surface area contributed by atoms with E-state index in [-0.39, 0.29) is 9.92 Å². The van der Waals surface area contributed by atoms with Crippen LogP contribution in [-0.2, 0) is 10.0 Å². The number of hydrogen-bond acceptors (Lipinski definition) is 4. The van der Waals surface area contributed by atoms with Crippen LogP contribution in [0, 0.1) is 0 Å². The zero-order chi connectivity index (χ0) is 14.0. The fourth-order valence-corrected chi connectivity index (χ4v) is 2.48. The molecule has 0 saturated carbocycles. The van der Waals surface area contributed by atoms with Crippen LogP contribution >= 0.6 is 27.5 Å². The highest BCUT2D eigenvalue weighted by Gasteiger charge is 2.11. The van der Waals surface area contributed by atoms with Crippen LogP contribution < -0.4 is 9.88 Å². The van der Waals surface area contributed by atoms with E-state index in [1.165, 1.54) is 24.4 Å². The summed E-state index contributed by atoms with van der Waals surface area (Å²) in [6.45, 7) is 0. The molecule has 1 aromatic heterocycles. The van der Waals surface area contributed by atoms with Crippen molar-refractivity contribution in [3.05, 3.63) is 46.2 Å². The third-order valence-corrected chi connectivity index (χ3v) is 3.78. The highest BCUT2D eigenvalue weighted by Crippen LogP contribution is 2.31. The van der Waals surface area contributed by atoms with E-state index < -0.39 is 10.0 Å². The third kappa shape index (κ3) is 3.66. The summed E-state index contributed by atoms with van der Waals surface area (Å²) in [4.78, 5) is 3.86. The average molecular weight is 364 g/mol. The van der Waals surface area contributed by atoms with E-state index in [2.05, 4.69) is 20.9 Å². The van der Waals surface area contributed by atoms with Gasteiger partial charge >= 0.3 is 0 Å². The number of halogens is 2. The Labute approximate surface area is 123 Å².